The summed E-state index contributed by atoms with van der Waals surface area (Å²) >= 11 is 0. The third-order valence-corrected chi connectivity index (χ3v) is 0.645. The zero-order valence-electron chi connectivity index (χ0n) is 7.52. The van der Waals surface area contributed by atoms with Crippen molar-refractivity contribution in [3.63, 3.8) is 0 Å². The molecule has 0 unspecified atom stereocenters. The van der Waals surface area contributed by atoms with Crippen molar-refractivity contribution in [1.29, 1.82) is 0 Å². The van der Waals surface area contributed by atoms with Crippen molar-refractivity contribution in [3.8, 4) is 0 Å². The van der Waals surface area contributed by atoms with E-state index in [1.54, 1.807) is 0 Å². The Morgan fingerprint density at radius 1 is 1.11 bits per heavy atom. The topological polar surface area (TPSA) is 14.1 Å². The van der Waals surface area contributed by atoms with Crippen LogP contribution in [0.4, 0.5) is 0 Å². The minimum absolute atomic E-state index is 0. The number of hydrogen-bond acceptors (Lipinski definition) is 0. The number of nitrogens with zero attached hydrogens (tertiary/aromatic N) is 1. The Morgan fingerprint density at radius 2 is 1.44 bits per heavy atom. The van der Waals surface area contributed by atoms with E-state index in [-0.39, 0.29) is 24.4 Å². The molecule has 0 aromatic rings. The molecule has 0 aromatic heterocycles. The van der Waals surface area contributed by atoms with Crippen LogP contribution in [0.3, 0.4) is 0 Å². The first-order chi connectivity index (χ1) is 3.42. The second kappa shape index (κ2) is 4.39. The maximum atomic E-state index is 4.41. The van der Waals surface area contributed by atoms with Crippen LogP contribution in [0.2, 0.25) is 0 Å². The Balaban J connectivity index is 0. The van der Waals surface area contributed by atoms with E-state index in [0.29, 0.717) is 6.04 Å². The van der Waals surface area contributed by atoms with Gasteiger partial charge in [0.1, 0.15) is 0 Å². The van der Waals surface area contributed by atoms with Crippen LogP contribution < -0.4 is 18.9 Å². The molecular weight excluding hydrogens is 105 g/mol. The number of rotatable bonds is 1. The minimum Gasteiger partial charge on any atom is -0.655 e. The van der Waals surface area contributed by atoms with E-state index in [0.717, 1.165) is 0 Å². The maximum Gasteiger partial charge on any atom is 1.00 e. The van der Waals surface area contributed by atoms with Crippen LogP contribution >= 0.6 is 0 Å². The second-order valence-corrected chi connectivity index (χ2v) is 3.39. The van der Waals surface area contributed by atoms with Gasteiger partial charge in [-0.1, -0.05) is 34.6 Å². The molecule has 2 heteroatoms. The summed E-state index contributed by atoms with van der Waals surface area (Å²) in [5.41, 5.74) is 0.147. The average molecular weight is 121 g/mol. The fourth-order valence-corrected chi connectivity index (χ4v) is 0.775. The SMILES string of the molecule is CC(C)[N-]C(C)(C)C.[Li+]. The molecule has 0 heterocycles. The molecule has 9 heavy (non-hydrogen) atoms. The Hall–Kier alpha value is 0.557. The molecule has 0 aromatic carbocycles. The molecule has 50 valence electrons. The van der Waals surface area contributed by atoms with Crippen molar-refractivity contribution in [2.75, 3.05) is 0 Å². The second-order valence-electron chi connectivity index (χ2n) is 3.39. The summed E-state index contributed by atoms with van der Waals surface area (Å²) in [7, 11) is 0. The first-order valence-corrected chi connectivity index (χ1v) is 3.14. The van der Waals surface area contributed by atoms with Crippen LogP contribution in [0.5, 0.6) is 0 Å². The standard InChI is InChI=1S/C7H16N.Li/c1-6(2)8-7(3,4)5;/h6H,1-5H3;/q-1;+1. The molecule has 0 bridgehead atoms. The van der Waals surface area contributed by atoms with Gasteiger partial charge in [-0.15, -0.1) is 11.6 Å². The molecule has 0 saturated carbocycles. The fraction of sp³-hybridized carbons (Fsp3) is 1.00. The van der Waals surface area contributed by atoms with E-state index in [2.05, 4.69) is 39.9 Å². The van der Waals surface area contributed by atoms with Crippen molar-refractivity contribution in [2.24, 2.45) is 0 Å². The van der Waals surface area contributed by atoms with E-state index in [1.165, 1.54) is 0 Å². The summed E-state index contributed by atoms with van der Waals surface area (Å²) in [6, 6.07) is 0.468. The smallest absolute Gasteiger partial charge is 0.655 e. The molecule has 1 nitrogen and oxygen atoms in total. The summed E-state index contributed by atoms with van der Waals surface area (Å²) in [6.45, 7) is 10.6. The molecule has 0 N–H and O–H groups in total. The first kappa shape index (κ1) is 12.3. The van der Waals surface area contributed by atoms with E-state index in [1.807, 2.05) is 0 Å². The zero-order valence-corrected chi connectivity index (χ0v) is 7.52. The van der Waals surface area contributed by atoms with Gasteiger partial charge in [0.2, 0.25) is 0 Å². The zero-order chi connectivity index (χ0) is 6.78. The Bertz CT molecular complexity index is 63.8. The third kappa shape index (κ3) is 11.9. The van der Waals surface area contributed by atoms with Crippen LogP contribution in [0.1, 0.15) is 34.6 Å². The van der Waals surface area contributed by atoms with Gasteiger partial charge in [-0.2, -0.15) is 0 Å². The van der Waals surface area contributed by atoms with E-state index >= 15 is 0 Å². The van der Waals surface area contributed by atoms with Gasteiger partial charge < -0.3 is 5.32 Å². The molecule has 0 amide bonds. The molecule has 0 aliphatic carbocycles. The summed E-state index contributed by atoms with van der Waals surface area (Å²) < 4.78 is 0. The van der Waals surface area contributed by atoms with Gasteiger partial charge in [0.05, 0.1) is 0 Å². The van der Waals surface area contributed by atoms with Crippen LogP contribution in [0, 0.1) is 0 Å². The van der Waals surface area contributed by atoms with Gasteiger partial charge in [0.25, 0.3) is 0 Å². The quantitative estimate of drug-likeness (QED) is 0.418. The molecule has 0 aliphatic rings. The molecule has 0 aliphatic heterocycles. The van der Waals surface area contributed by atoms with Crippen molar-refractivity contribution in [3.05, 3.63) is 5.32 Å². The predicted octanol–water partition coefficient (Wildman–Crippen LogP) is -0.429. The Kier molecular flexibility index (Phi) is 5.97. The van der Waals surface area contributed by atoms with E-state index < -0.39 is 0 Å². The Labute approximate surface area is 70.8 Å². The van der Waals surface area contributed by atoms with Crippen LogP contribution in [-0.2, 0) is 0 Å². The van der Waals surface area contributed by atoms with Crippen LogP contribution in [0.25, 0.3) is 5.32 Å². The van der Waals surface area contributed by atoms with Crippen LogP contribution in [-0.4, -0.2) is 11.6 Å². The van der Waals surface area contributed by atoms with Crippen molar-refractivity contribution >= 4 is 0 Å². The van der Waals surface area contributed by atoms with Gasteiger partial charge >= 0.3 is 18.9 Å². The normalized spacial score (nSPS) is 11.3. The molecule has 0 fully saturated rings. The van der Waals surface area contributed by atoms with Gasteiger partial charge in [0.15, 0.2) is 0 Å². The van der Waals surface area contributed by atoms with Gasteiger partial charge in [-0.3, -0.25) is 0 Å². The molecule has 0 radical (unpaired) electrons. The largest absolute Gasteiger partial charge is 1.00 e. The maximum absolute atomic E-state index is 4.41. The summed E-state index contributed by atoms with van der Waals surface area (Å²) in [4.78, 5) is 0. The van der Waals surface area contributed by atoms with Crippen molar-refractivity contribution in [2.45, 2.75) is 46.2 Å². The molecule has 0 atom stereocenters. The van der Waals surface area contributed by atoms with Gasteiger partial charge in [-0.05, 0) is 0 Å². The van der Waals surface area contributed by atoms with E-state index in [9.17, 15) is 0 Å². The summed E-state index contributed by atoms with van der Waals surface area (Å²) in [5.74, 6) is 0. The van der Waals surface area contributed by atoms with Crippen molar-refractivity contribution < 1.29 is 18.9 Å². The van der Waals surface area contributed by atoms with E-state index in [4.69, 9.17) is 0 Å². The first-order valence-electron chi connectivity index (χ1n) is 3.14. The van der Waals surface area contributed by atoms with Gasteiger partial charge in [0, 0.05) is 0 Å². The predicted molar refractivity (Wildman–Crippen MR) is 38.2 cm³/mol. The fourth-order valence-electron chi connectivity index (χ4n) is 0.775. The molecular formula is C7H16LiN. The van der Waals surface area contributed by atoms with Crippen molar-refractivity contribution in [1.82, 2.24) is 0 Å². The monoisotopic (exact) mass is 121 g/mol. The summed E-state index contributed by atoms with van der Waals surface area (Å²) in [6.07, 6.45) is 0. The molecule has 0 spiro atoms. The average Bonchev–Trinajstić information content (AvgIpc) is 1.21. The van der Waals surface area contributed by atoms with Gasteiger partial charge in [-0.25, -0.2) is 0 Å². The molecule has 0 saturated heterocycles. The minimum atomic E-state index is 0. The third-order valence-electron chi connectivity index (χ3n) is 0.645. The number of hydrogen-bond donors (Lipinski definition) is 0. The summed E-state index contributed by atoms with van der Waals surface area (Å²) in [5, 5.41) is 4.41. The Morgan fingerprint density at radius 3 is 1.44 bits per heavy atom. The van der Waals surface area contributed by atoms with Crippen LogP contribution in [0.15, 0.2) is 0 Å². The molecule has 0 rings (SSSR count).